The molecular weight excluding hydrogens is 258 g/mol. The molecule has 2 fully saturated rings. The lowest BCUT2D eigenvalue weighted by Gasteiger charge is -2.43. The predicted molar refractivity (Wildman–Crippen MR) is 61.2 cm³/mol. The Morgan fingerprint density at radius 2 is 2.05 bits per heavy atom. The fraction of sp³-hybridized carbons (Fsp3) is 0.909. The number of likely N-dealkylation sites (tertiary alicyclic amines) is 1. The number of nitrogens with zero attached hydrogens (tertiary/aromatic N) is 1. The molecule has 8 heteroatoms. The zero-order valence-electron chi connectivity index (χ0n) is 10.3. The van der Waals surface area contributed by atoms with E-state index in [0.717, 1.165) is 0 Å². The molecule has 2 heterocycles. The van der Waals surface area contributed by atoms with Crippen molar-refractivity contribution in [2.75, 3.05) is 19.7 Å². The van der Waals surface area contributed by atoms with Gasteiger partial charge < -0.3 is 30.3 Å². The van der Waals surface area contributed by atoms with Gasteiger partial charge in [0.25, 0.3) is 0 Å². The van der Waals surface area contributed by atoms with Crippen molar-refractivity contribution in [3.8, 4) is 0 Å². The Morgan fingerprint density at radius 1 is 1.37 bits per heavy atom. The number of carbonyl (C=O) groups is 1. The molecular formula is C11H19NO7. The van der Waals surface area contributed by atoms with E-state index in [0.29, 0.717) is 19.4 Å². The van der Waals surface area contributed by atoms with E-state index in [-0.39, 0.29) is 13.2 Å². The van der Waals surface area contributed by atoms with Gasteiger partial charge in [0, 0.05) is 0 Å². The van der Waals surface area contributed by atoms with Crippen LogP contribution < -0.4 is 0 Å². The number of β-amino-alcohol motifs (C(OH)–C–C–N with tert-alkyl or cyclic N) is 1. The molecule has 19 heavy (non-hydrogen) atoms. The van der Waals surface area contributed by atoms with E-state index in [1.54, 1.807) is 0 Å². The molecule has 0 bridgehead atoms. The van der Waals surface area contributed by atoms with Crippen LogP contribution in [0.25, 0.3) is 0 Å². The highest BCUT2D eigenvalue weighted by atomic mass is 16.6. The van der Waals surface area contributed by atoms with Crippen molar-refractivity contribution in [2.45, 2.75) is 43.0 Å². The van der Waals surface area contributed by atoms with Gasteiger partial charge in [-0.15, -0.1) is 0 Å². The number of carboxylic acid groups (broad SMARTS) is 1. The summed E-state index contributed by atoms with van der Waals surface area (Å²) in [7, 11) is 0. The van der Waals surface area contributed by atoms with Gasteiger partial charge in [0.05, 0.1) is 13.2 Å². The smallest absolute Gasteiger partial charge is 0.320 e. The first kappa shape index (κ1) is 14.6. The van der Waals surface area contributed by atoms with Gasteiger partial charge >= 0.3 is 5.97 Å². The van der Waals surface area contributed by atoms with Gasteiger partial charge in [-0.1, -0.05) is 0 Å². The zero-order valence-corrected chi connectivity index (χ0v) is 10.3. The van der Waals surface area contributed by atoms with Crippen LogP contribution in [-0.4, -0.2) is 86.2 Å². The molecule has 2 saturated heterocycles. The number of hydrogen-bond acceptors (Lipinski definition) is 7. The molecule has 8 nitrogen and oxygen atoms in total. The molecule has 0 amide bonds. The first-order valence-electron chi connectivity index (χ1n) is 6.22. The summed E-state index contributed by atoms with van der Waals surface area (Å²) < 4.78 is 5.01. The second-order valence-electron chi connectivity index (χ2n) is 5.13. The normalized spacial score (nSPS) is 44.4. The highest BCUT2D eigenvalue weighted by molar-refractivity contribution is 5.73. The Hall–Kier alpha value is -0.770. The van der Waals surface area contributed by atoms with Crippen molar-refractivity contribution in [1.82, 2.24) is 4.90 Å². The molecule has 110 valence electrons. The second kappa shape index (κ2) is 5.31. The first-order valence-corrected chi connectivity index (χ1v) is 6.22. The topological polar surface area (TPSA) is 131 Å². The van der Waals surface area contributed by atoms with Crippen molar-refractivity contribution in [3.63, 3.8) is 0 Å². The van der Waals surface area contributed by atoms with Gasteiger partial charge in [-0.3, -0.25) is 9.69 Å². The number of rotatable bonds is 3. The molecule has 0 aromatic heterocycles. The lowest BCUT2D eigenvalue weighted by Crippen LogP contribution is -2.65. The number of aliphatic hydroxyl groups excluding tert-OH is 3. The molecule has 0 spiro atoms. The summed E-state index contributed by atoms with van der Waals surface area (Å²) in [6.07, 6.45) is -3.35. The maximum absolute atomic E-state index is 11.0. The average Bonchev–Trinajstić information content (AvgIpc) is 2.80. The largest absolute Gasteiger partial charge is 0.480 e. The molecule has 0 radical (unpaired) electrons. The van der Waals surface area contributed by atoms with Crippen molar-refractivity contribution in [3.05, 3.63) is 0 Å². The lowest BCUT2D eigenvalue weighted by atomic mass is 9.96. The molecule has 2 rings (SSSR count). The van der Waals surface area contributed by atoms with Gasteiger partial charge in [-0.2, -0.15) is 0 Å². The van der Waals surface area contributed by atoms with Crippen LogP contribution in [0.4, 0.5) is 0 Å². The molecule has 2 aliphatic heterocycles. The third-order valence-electron chi connectivity index (χ3n) is 3.76. The van der Waals surface area contributed by atoms with Crippen LogP contribution >= 0.6 is 0 Å². The van der Waals surface area contributed by atoms with Crippen LogP contribution in [0.5, 0.6) is 0 Å². The van der Waals surface area contributed by atoms with E-state index in [1.807, 2.05) is 0 Å². The maximum atomic E-state index is 11.0. The van der Waals surface area contributed by atoms with Crippen LogP contribution in [0, 0.1) is 0 Å². The summed E-state index contributed by atoms with van der Waals surface area (Å²) in [5.41, 5.74) is 0. The Kier molecular flexibility index (Phi) is 4.09. The average molecular weight is 277 g/mol. The highest BCUT2D eigenvalue weighted by Crippen LogP contribution is 2.28. The van der Waals surface area contributed by atoms with Crippen LogP contribution in [0.3, 0.4) is 0 Å². The molecule has 0 aromatic carbocycles. The minimum atomic E-state index is -2.07. The Balaban J connectivity index is 2.06. The lowest BCUT2D eigenvalue weighted by molar-refractivity contribution is -0.325. The van der Waals surface area contributed by atoms with E-state index in [1.165, 1.54) is 4.90 Å². The minimum absolute atomic E-state index is 0.227. The molecule has 0 aromatic rings. The maximum Gasteiger partial charge on any atom is 0.320 e. The monoisotopic (exact) mass is 277 g/mol. The van der Waals surface area contributed by atoms with Crippen LogP contribution in [0.1, 0.15) is 12.8 Å². The van der Waals surface area contributed by atoms with Crippen LogP contribution in [-0.2, 0) is 9.53 Å². The number of carboxylic acids is 1. The predicted octanol–water partition coefficient (Wildman–Crippen LogP) is -2.66. The molecule has 2 aliphatic rings. The molecule has 5 N–H and O–H groups in total. The third-order valence-corrected chi connectivity index (χ3v) is 3.76. The standard InChI is InChI=1S/C11H19NO7/c13-7-4-19-11(18,9(15)8(7)14)5-12-3-1-2-6(12)10(16)17/h6-9,13-15,18H,1-5H2,(H,16,17)/t6-,7+,8+,9-,11+/m0/s1. The second-order valence-corrected chi connectivity index (χ2v) is 5.13. The van der Waals surface area contributed by atoms with E-state index < -0.39 is 36.1 Å². The van der Waals surface area contributed by atoms with Crippen LogP contribution in [0.2, 0.25) is 0 Å². The van der Waals surface area contributed by atoms with Crippen molar-refractivity contribution < 1.29 is 35.1 Å². The quantitative estimate of drug-likeness (QED) is 0.378. The van der Waals surface area contributed by atoms with E-state index >= 15 is 0 Å². The fourth-order valence-corrected chi connectivity index (χ4v) is 2.62. The summed E-state index contributed by atoms with van der Waals surface area (Å²) in [5.74, 6) is -3.07. The third kappa shape index (κ3) is 2.73. The SMILES string of the molecule is O=C(O)[C@@H]1CCCN1C[C@@]1(O)OC[C@@H](O)[C@@H](O)[C@@H]1O. The van der Waals surface area contributed by atoms with Gasteiger partial charge in [0.2, 0.25) is 5.79 Å². The first-order chi connectivity index (χ1) is 8.85. The zero-order chi connectivity index (χ0) is 14.2. The van der Waals surface area contributed by atoms with Gasteiger partial charge in [0.1, 0.15) is 24.4 Å². The number of ether oxygens (including phenoxy) is 1. The summed E-state index contributed by atoms with van der Waals surface area (Å²) in [5, 5.41) is 47.9. The summed E-state index contributed by atoms with van der Waals surface area (Å²) in [6, 6.07) is -0.733. The van der Waals surface area contributed by atoms with Gasteiger partial charge in [0.15, 0.2) is 0 Å². The molecule has 5 atom stereocenters. The molecule has 0 saturated carbocycles. The Bertz CT molecular complexity index is 352. The fourth-order valence-electron chi connectivity index (χ4n) is 2.62. The van der Waals surface area contributed by atoms with Crippen LogP contribution in [0.15, 0.2) is 0 Å². The Morgan fingerprint density at radius 3 is 2.68 bits per heavy atom. The summed E-state index contributed by atoms with van der Waals surface area (Å²) >= 11 is 0. The number of aliphatic carboxylic acids is 1. The number of hydrogen-bond donors (Lipinski definition) is 5. The van der Waals surface area contributed by atoms with Crippen molar-refractivity contribution in [2.24, 2.45) is 0 Å². The van der Waals surface area contributed by atoms with Gasteiger partial charge in [-0.05, 0) is 19.4 Å². The molecule has 0 unspecified atom stereocenters. The van der Waals surface area contributed by atoms with Gasteiger partial charge in [-0.25, -0.2) is 0 Å². The molecule has 0 aliphatic carbocycles. The van der Waals surface area contributed by atoms with E-state index in [2.05, 4.69) is 0 Å². The minimum Gasteiger partial charge on any atom is -0.480 e. The summed E-state index contributed by atoms with van der Waals surface area (Å²) in [6.45, 7) is -0.0801. The van der Waals surface area contributed by atoms with E-state index in [4.69, 9.17) is 9.84 Å². The highest BCUT2D eigenvalue weighted by Gasteiger charge is 2.50. The Labute approximate surface area is 109 Å². The summed E-state index contributed by atoms with van der Waals surface area (Å²) in [4.78, 5) is 12.5. The van der Waals surface area contributed by atoms with E-state index in [9.17, 15) is 25.2 Å². The van der Waals surface area contributed by atoms with Crippen molar-refractivity contribution in [1.29, 1.82) is 0 Å². The number of aliphatic hydroxyl groups is 4. The van der Waals surface area contributed by atoms with Crippen molar-refractivity contribution >= 4 is 5.97 Å².